The maximum atomic E-state index is 13.0. The zero-order valence-corrected chi connectivity index (χ0v) is 16.3. The molecule has 152 valence electrons. The number of anilines is 1. The Morgan fingerprint density at radius 3 is 2.63 bits per heavy atom. The summed E-state index contributed by atoms with van der Waals surface area (Å²) in [6, 6.07) is 5.12. The molecule has 2 N–H and O–H groups in total. The SMILES string of the molecule is CC1CCCN(CC(C)NC(C)CC(=O)Nc2ccccc2C(F)(F)F)C1. The molecule has 1 fully saturated rings. The number of hydrogen-bond donors (Lipinski definition) is 2. The van der Waals surface area contributed by atoms with Gasteiger partial charge in [-0.15, -0.1) is 0 Å². The number of benzene rings is 1. The zero-order valence-electron chi connectivity index (χ0n) is 16.3. The van der Waals surface area contributed by atoms with Gasteiger partial charge < -0.3 is 15.5 Å². The van der Waals surface area contributed by atoms with Crippen molar-refractivity contribution >= 4 is 11.6 Å². The zero-order chi connectivity index (χ0) is 20.0. The highest BCUT2D eigenvalue weighted by Gasteiger charge is 2.33. The molecule has 1 heterocycles. The first kappa shape index (κ1) is 21.7. The van der Waals surface area contributed by atoms with E-state index in [1.54, 1.807) is 0 Å². The minimum absolute atomic E-state index is 0.118. The van der Waals surface area contributed by atoms with Crippen LogP contribution in [0.2, 0.25) is 0 Å². The van der Waals surface area contributed by atoms with Crippen molar-refractivity contribution in [1.29, 1.82) is 0 Å². The Morgan fingerprint density at radius 1 is 1.26 bits per heavy atom. The largest absolute Gasteiger partial charge is 0.418 e. The summed E-state index contributed by atoms with van der Waals surface area (Å²) in [6.07, 6.45) is -1.89. The van der Waals surface area contributed by atoms with E-state index < -0.39 is 17.6 Å². The maximum Gasteiger partial charge on any atom is 0.418 e. The molecule has 2 rings (SSSR count). The van der Waals surface area contributed by atoms with Crippen molar-refractivity contribution in [3.63, 3.8) is 0 Å². The third-order valence-electron chi connectivity index (χ3n) is 4.84. The van der Waals surface area contributed by atoms with E-state index in [0.29, 0.717) is 5.92 Å². The van der Waals surface area contributed by atoms with Crippen molar-refractivity contribution in [1.82, 2.24) is 10.2 Å². The van der Waals surface area contributed by atoms with Gasteiger partial charge in [-0.2, -0.15) is 13.2 Å². The van der Waals surface area contributed by atoms with Crippen LogP contribution in [-0.4, -0.2) is 42.5 Å². The van der Waals surface area contributed by atoms with Gasteiger partial charge in [0.2, 0.25) is 5.91 Å². The van der Waals surface area contributed by atoms with Crippen LogP contribution >= 0.6 is 0 Å². The minimum Gasteiger partial charge on any atom is -0.325 e. The van der Waals surface area contributed by atoms with Crippen LogP contribution in [-0.2, 0) is 11.0 Å². The third kappa shape index (κ3) is 7.14. The summed E-state index contributed by atoms with van der Waals surface area (Å²) in [5.41, 5.74) is -1.02. The average Bonchev–Trinajstić information content (AvgIpc) is 2.53. The van der Waals surface area contributed by atoms with Crippen LogP contribution in [0.5, 0.6) is 0 Å². The Bertz CT molecular complexity index is 621. The molecule has 0 saturated carbocycles. The van der Waals surface area contributed by atoms with Gasteiger partial charge in [0.25, 0.3) is 0 Å². The van der Waals surface area contributed by atoms with Crippen LogP contribution in [0.15, 0.2) is 24.3 Å². The Balaban J connectivity index is 1.82. The molecule has 3 unspecified atom stereocenters. The summed E-state index contributed by atoms with van der Waals surface area (Å²) < 4.78 is 39.0. The smallest absolute Gasteiger partial charge is 0.325 e. The van der Waals surface area contributed by atoms with Gasteiger partial charge in [0, 0.05) is 31.6 Å². The molecule has 1 aromatic carbocycles. The van der Waals surface area contributed by atoms with Gasteiger partial charge in [0.15, 0.2) is 0 Å². The van der Waals surface area contributed by atoms with E-state index in [9.17, 15) is 18.0 Å². The first-order valence-electron chi connectivity index (χ1n) is 9.59. The van der Waals surface area contributed by atoms with E-state index in [4.69, 9.17) is 0 Å². The number of amides is 1. The van der Waals surface area contributed by atoms with Crippen molar-refractivity contribution < 1.29 is 18.0 Å². The van der Waals surface area contributed by atoms with Crippen molar-refractivity contribution in [2.45, 2.75) is 58.3 Å². The molecule has 0 spiro atoms. The molecule has 0 radical (unpaired) electrons. The first-order chi connectivity index (χ1) is 12.6. The van der Waals surface area contributed by atoms with Crippen LogP contribution in [0, 0.1) is 5.92 Å². The lowest BCUT2D eigenvalue weighted by Crippen LogP contribution is -2.46. The van der Waals surface area contributed by atoms with Crippen LogP contribution in [0.4, 0.5) is 18.9 Å². The Kier molecular flexibility index (Phi) is 7.68. The number of hydrogen-bond acceptors (Lipinski definition) is 3. The summed E-state index contributed by atoms with van der Waals surface area (Å²) in [5.74, 6) is 0.286. The van der Waals surface area contributed by atoms with Gasteiger partial charge in [-0.1, -0.05) is 19.1 Å². The topological polar surface area (TPSA) is 44.4 Å². The average molecular weight is 385 g/mol. The Labute approximate surface area is 159 Å². The first-order valence-corrected chi connectivity index (χ1v) is 9.59. The molecule has 0 aromatic heterocycles. The van der Waals surface area contributed by atoms with E-state index >= 15 is 0 Å². The van der Waals surface area contributed by atoms with E-state index in [2.05, 4.69) is 29.4 Å². The molecule has 7 heteroatoms. The number of alkyl halides is 3. The molecule has 0 aliphatic carbocycles. The summed E-state index contributed by atoms with van der Waals surface area (Å²) >= 11 is 0. The highest BCUT2D eigenvalue weighted by molar-refractivity contribution is 5.92. The van der Waals surface area contributed by atoms with Gasteiger partial charge in [-0.05, 0) is 51.3 Å². The fourth-order valence-corrected chi connectivity index (χ4v) is 3.76. The minimum atomic E-state index is -4.49. The highest BCUT2D eigenvalue weighted by atomic mass is 19.4. The summed E-state index contributed by atoms with van der Waals surface area (Å²) in [6.45, 7) is 9.31. The predicted octanol–water partition coefficient (Wildman–Crippen LogP) is 4.13. The quantitative estimate of drug-likeness (QED) is 0.742. The second-order valence-corrected chi connectivity index (χ2v) is 7.77. The number of nitrogens with one attached hydrogen (secondary N) is 2. The summed E-state index contributed by atoms with van der Waals surface area (Å²) in [7, 11) is 0. The summed E-state index contributed by atoms with van der Waals surface area (Å²) in [4.78, 5) is 14.6. The number of carbonyl (C=O) groups excluding carboxylic acids is 1. The lowest BCUT2D eigenvalue weighted by molar-refractivity contribution is -0.137. The Morgan fingerprint density at radius 2 is 1.96 bits per heavy atom. The predicted molar refractivity (Wildman–Crippen MR) is 102 cm³/mol. The molecular weight excluding hydrogens is 355 g/mol. The van der Waals surface area contributed by atoms with E-state index in [-0.39, 0.29) is 24.2 Å². The molecule has 4 nitrogen and oxygen atoms in total. The number of carbonyl (C=O) groups is 1. The molecular formula is C20H30F3N3O. The van der Waals surface area contributed by atoms with Crippen LogP contribution in [0.25, 0.3) is 0 Å². The van der Waals surface area contributed by atoms with Crippen LogP contribution < -0.4 is 10.6 Å². The number of rotatable bonds is 7. The maximum absolute atomic E-state index is 13.0. The van der Waals surface area contributed by atoms with Crippen molar-refractivity contribution in [3.8, 4) is 0 Å². The number of nitrogens with zero attached hydrogens (tertiary/aromatic N) is 1. The van der Waals surface area contributed by atoms with Crippen molar-refractivity contribution in [2.75, 3.05) is 25.0 Å². The fourth-order valence-electron chi connectivity index (χ4n) is 3.76. The lowest BCUT2D eigenvalue weighted by atomic mass is 10.00. The van der Waals surface area contributed by atoms with Crippen molar-refractivity contribution in [3.05, 3.63) is 29.8 Å². The molecule has 1 aliphatic rings. The number of likely N-dealkylation sites (tertiary alicyclic amines) is 1. The molecule has 1 aromatic rings. The third-order valence-corrected chi connectivity index (χ3v) is 4.84. The van der Waals surface area contributed by atoms with E-state index in [1.165, 1.54) is 31.0 Å². The molecule has 1 saturated heterocycles. The highest BCUT2D eigenvalue weighted by Crippen LogP contribution is 2.34. The van der Waals surface area contributed by atoms with Gasteiger partial charge in [-0.25, -0.2) is 0 Å². The van der Waals surface area contributed by atoms with Crippen LogP contribution in [0.1, 0.15) is 45.6 Å². The number of piperidine rings is 1. The van der Waals surface area contributed by atoms with E-state index in [1.807, 2.05) is 6.92 Å². The summed E-state index contributed by atoms with van der Waals surface area (Å²) in [5, 5.41) is 5.78. The number of para-hydroxylation sites is 1. The number of halogens is 3. The van der Waals surface area contributed by atoms with Gasteiger partial charge in [0.1, 0.15) is 0 Å². The Hall–Kier alpha value is -1.60. The van der Waals surface area contributed by atoms with Crippen LogP contribution in [0.3, 0.4) is 0 Å². The van der Waals surface area contributed by atoms with E-state index in [0.717, 1.165) is 25.7 Å². The second kappa shape index (κ2) is 9.55. The standard InChI is InChI=1S/C20H30F3N3O/c1-14-7-6-10-26(12-14)13-16(3)24-15(2)11-19(27)25-18-9-5-4-8-17(18)20(21,22)23/h4-5,8-9,14-16,24H,6-7,10-13H2,1-3H3,(H,25,27). The second-order valence-electron chi connectivity index (χ2n) is 7.77. The monoisotopic (exact) mass is 385 g/mol. The van der Waals surface area contributed by atoms with Gasteiger partial charge >= 0.3 is 6.18 Å². The molecule has 0 bridgehead atoms. The fraction of sp³-hybridized carbons (Fsp3) is 0.650. The van der Waals surface area contributed by atoms with Crippen molar-refractivity contribution in [2.24, 2.45) is 5.92 Å². The molecule has 1 amide bonds. The molecule has 27 heavy (non-hydrogen) atoms. The molecule has 3 atom stereocenters. The van der Waals surface area contributed by atoms with Gasteiger partial charge in [-0.3, -0.25) is 4.79 Å². The molecule has 1 aliphatic heterocycles. The lowest BCUT2D eigenvalue weighted by Gasteiger charge is -2.33. The van der Waals surface area contributed by atoms with Gasteiger partial charge in [0.05, 0.1) is 11.3 Å². The normalized spacial score (nSPS) is 20.9.